The molecule has 0 bridgehead atoms. The first-order chi connectivity index (χ1) is 10.7. The van der Waals surface area contributed by atoms with E-state index in [4.69, 9.17) is 5.11 Å². The van der Waals surface area contributed by atoms with Crippen molar-refractivity contribution in [1.82, 2.24) is 9.78 Å². The number of amides is 1. The zero-order valence-corrected chi connectivity index (χ0v) is 13.3. The van der Waals surface area contributed by atoms with Gasteiger partial charge in [-0.15, -0.1) is 11.8 Å². The maximum absolute atomic E-state index is 12.5. The van der Waals surface area contributed by atoms with Gasteiger partial charge in [0.15, 0.2) is 0 Å². The molecule has 1 aromatic carbocycles. The van der Waals surface area contributed by atoms with Gasteiger partial charge in [0.05, 0.1) is 23.7 Å². The fourth-order valence-corrected chi connectivity index (χ4v) is 3.68. The van der Waals surface area contributed by atoms with E-state index in [-0.39, 0.29) is 17.8 Å². The number of aliphatic hydroxyl groups excluding tert-OH is 1. The summed E-state index contributed by atoms with van der Waals surface area (Å²) in [6.45, 7) is 0.820. The molecule has 1 aromatic heterocycles. The Bertz CT molecular complexity index is 654. The number of aromatic nitrogens is 2. The highest BCUT2D eigenvalue weighted by Crippen LogP contribution is 2.30. The van der Waals surface area contributed by atoms with Crippen molar-refractivity contribution >= 4 is 23.4 Å². The number of rotatable bonds is 5. The molecule has 5 nitrogen and oxygen atoms in total. The van der Waals surface area contributed by atoms with Crippen molar-refractivity contribution in [3.05, 3.63) is 47.8 Å². The van der Waals surface area contributed by atoms with Gasteiger partial charge < -0.3 is 10.0 Å². The van der Waals surface area contributed by atoms with Crippen molar-refractivity contribution in [2.75, 3.05) is 11.4 Å². The Balaban J connectivity index is 1.58. The first-order valence-electron chi connectivity index (χ1n) is 7.27. The number of benzene rings is 1. The minimum absolute atomic E-state index is 0.0118. The molecule has 0 radical (unpaired) electrons. The van der Waals surface area contributed by atoms with Crippen LogP contribution in [0.1, 0.15) is 17.5 Å². The summed E-state index contributed by atoms with van der Waals surface area (Å²) >= 11 is 1.68. The molecular weight excluding hydrogens is 298 g/mol. The summed E-state index contributed by atoms with van der Waals surface area (Å²) in [7, 11) is 1.85. The molecule has 0 aliphatic carbocycles. The maximum Gasteiger partial charge on any atom is 0.240 e. The van der Waals surface area contributed by atoms with Crippen LogP contribution < -0.4 is 4.90 Å². The SMILES string of the molecule is Cn1cc(N2CCC(SCc3ccc(CO)cc3)C2=O)cn1. The van der Waals surface area contributed by atoms with Gasteiger partial charge in [0.25, 0.3) is 0 Å². The third-order valence-corrected chi connectivity index (χ3v) is 5.16. The third kappa shape index (κ3) is 3.18. The van der Waals surface area contributed by atoms with Crippen LogP contribution in [0.5, 0.6) is 0 Å². The van der Waals surface area contributed by atoms with Crippen LogP contribution in [0.15, 0.2) is 36.7 Å². The maximum atomic E-state index is 12.5. The second-order valence-electron chi connectivity index (χ2n) is 5.43. The smallest absolute Gasteiger partial charge is 0.240 e. The standard InChI is InChI=1S/C16H19N3O2S/c1-18-9-14(8-17-18)19-7-6-15(16(19)21)22-11-13-4-2-12(10-20)3-5-13/h2-5,8-9,15,20H,6-7,10-11H2,1H3. The number of hydrogen-bond acceptors (Lipinski definition) is 4. The number of anilines is 1. The van der Waals surface area contributed by atoms with E-state index >= 15 is 0 Å². The first kappa shape index (κ1) is 15.1. The number of aryl methyl sites for hydroxylation is 1. The molecule has 1 aliphatic rings. The van der Waals surface area contributed by atoms with Gasteiger partial charge >= 0.3 is 0 Å². The monoisotopic (exact) mass is 317 g/mol. The van der Waals surface area contributed by atoms with Gasteiger partial charge in [-0.2, -0.15) is 5.10 Å². The minimum atomic E-state index is 0.0118. The lowest BCUT2D eigenvalue weighted by molar-refractivity contribution is -0.116. The van der Waals surface area contributed by atoms with E-state index in [1.54, 1.807) is 22.6 Å². The molecular formula is C16H19N3O2S. The summed E-state index contributed by atoms with van der Waals surface area (Å²) in [4.78, 5) is 14.3. The Labute approximate surface area is 133 Å². The summed E-state index contributed by atoms with van der Waals surface area (Å²) in [5.74, 6) is 0.980. The molecule has 0 spiro atoms. The topological polar surface area (TPSA) is 58.4 Å². The van der Waals surface area contributed by atoms with E-state index in [0.717, 1.165) is 30.0 Å². The van der Waals surface area contributed by atoms with Crippen LogP contribution >= 0.6 is 11.8 Å². The highest BCUT2D eigenvalue weighted by molar-refractivity contribution is 7.99. The molecule has 1 unspecified atom stereocenters. The Hall–Kier alpha value is -1.79. The number of nitrogens with zero attached hydrogens (tertiary/aromatic N) is 3. The molecule has 1 aliphatic heterocycles. The van der Waals surface area contributed by atoms with Gasteiger partial charge in [0, 0.05) is 25.5 Å². The molecule has 1 atom stereocenters. The molecule has 3 rings (SSSR count). The predicted molar refractivity (Wildman–Crippen MR) is 87.6 cm³/mol. The normalized spacial score (nSPS) is 18.2. The van der Waals surface area contributed by atoms with Crippen molar-refractivity contribution in [2.45, 2.75) is 24.0 Å². The van der Waals surface area contributed by atoms with E-state index in [0.29, 0.717) is 0 Å². The molecule has 1 amide bonds. The van der Waals surface area contributed by atoms with Crippen LogP contribution in [0, 0.1) is 0 Å². The highest BCUT2D eigenvalue weighted by atomic mass is 32.2. The Kier molecular flexibility index (Phi) is 4.49. The van der Waals surface area contributed by atoms with Crippen LogP contribution in [0.2, 0.25) is 0 Å². The fraction of sp³-hybridized carbons (Fsp3) is 0.375. The van der Waals surface area contributed by atoms with Crippen molar-refractivity contribution in [3.8, 4) is 0 Å². The van der Waals surface area contributed by atoms with E-state index in [2.05, 4.69) is 5.10 Å². The molecule has 2 heterocycles. The van der Waals surface area contributed by atoms with Crippen LogP contribution in [-0.4, -0.2) is 32.6 Å². The number of thioether (sulfide) groups is 1. The average Bonchev–Trinajstić information content (AvgIpc) is 3.12. The van der Waals surface area contributed by atoms with E-state index in [9.17, 15) is 4.79 Å². The number of hydrogen-bond donors (Lipinski definition) is 1. The molecule has 22 heavy (non-hydrogen) atoms. The Morgan fingerprint density at radius 2 is 2.05 bits per heavy atom. The third-order valence-electron chi connectivity index (χ3n) is 3.82. The minimum Gasteiger partial charge on any atom is -0.392 e. The lowest BCUT2D eigenvalue weighted by Gasteiger charge is -2.14. The van der Waals surface area contributed by atoms with Crippen LogP contribution in [0.3, 0.4) is 0 Å². The Morgan fingerprint density at radius 3 is 2.68 bits per heavy atom. The van der Waals surface area contributed by atoms with Crippen molar-refractivity contribution in [3.63, 3.8) is 0 Å². The van der Waals surface area contributed by atoms with Crippen molar-refractivity contribution < 1.29 is 9.90 Å². The van der Waals surface area contributed by atoms with Gasteiger partial charge in [0.1, 0.15) is 0 Å². The lowest BCUT2D eigenvalue weighted by Crippen LogP contribution is -2.27. The fourth-order valence-electron chi connectivity index (χ4n) is 2.55. The number of carbonyl (C=O) groups excluding carboxylic acids is 1. The lowest BCUT2D eigenvalue weighted by atomic mass is 10.2. The van der Waals surface area contributed by atoms with E-state index in [1.165, 1.54) is 5.56 Å². The van der Waals surface area contributed by atoms with Gasteiger partial charge in [-0.1, -0.05) is 24.3 Å². The molecule has 1 fully saturated rings. The van der Waals surface area contributed by atoms with Crippen LogP contribution in [0.4, 0.5) is 5.69 Å². The first-order valence-corrected chi connectivity index (χ1v) is 8.32. The van der Waals surface area contributed by atoms with Gasteiger partial charge in [-0.05, 0) is 17.5 Å². The quantitative estimate of drug-likeness (QED) is 0.916. The molecule has 116 valence electrons. The zero-order valence-electron chi connectivity index (χ0n) is 12.5. The summed E-state index contributed by atoms with van der Waals surface area (Å²) in [6, 6.07) is 7.87. The zero-order chi connectivity index (χ0) is 15.5. The van der Waals surface area contributed by atoms with E-state index in [1.807, 2.05) is 42.4 Å². The molecule has 1 N–H and O–H groups in total. The van der Waals surface area contributed by atoms with Crippen LogP contribution in [-0.2, 0) is 24.2 Å². The second kappa shape index (κ2) is 6.54. The van der Waals surface area contributed by atoms with Gasteiger partial charge in [-0.25, -0.2) is 0 Å². The Morgan fingerprint density at radius 1 is 1.32 bits per heavy atom. The second-order valence-corrected chi connectivity index (χ2v) is 6.62. The molecule has 6 heteroatoms. The average molecular weight is 317 g/mol. The van der Waals surface area contributed by atoms with Crippen LogP contribution in [0.25, 0.3) is 0 Å². The number of carbonyl (C=O) groups is 1. The molecule has 2 aromatic rings. The molecule has 0 saturated carbocycles. The predicted octanol–water partition coefficient (Wildman–Crippen LogP) is 1.95. The van der Waals surface area contributed by atoms with E-state index < -0.39 is 0 Å². The summed E-state index contributed by atoms with van der Waals surface area (Å²) in [5, 5.41) is 13.2. The van der Waals surface area contributed by atoms with Gasteiger partial charge in [-0.3, -0.25) is 9.48 Å². The number of aliphatic hydroxyl groups is 1. The summed E-state index contributed by atoms with van der Waals surface area (Å²) in [5.41, 5.74) is 2.96. The summed E-state index contributed by atoms with van der Waals surface area (Å²) in [6.07, 6.45) is 4.48. The highest BCUT2D eigenvalue weighted by Gasteiger charge is 2.33. The van der Waals surface area contributed by atoms with Crippen molar-refractivity contribution in [1.29, 1.82) is 0 Å². The molecule has 1 saturated heterocycles. The van der Waals surface area contributed by atoms with Gasteiger partial charge in [0.2, 0.25) is 5.91 Å². The van der Waals surface area contributed by atoms with Crippen molar-refractivity contribution in [2.24, 2.45) is 7.05 Å². The summed E-state index contributed by atoms with van der Waals surface area (Å²) < 4.78 is 1.71. The largest absolute Gasteiger partial charge is 0.392 e.